The normalized spacial score (nSPS) is 15.2. The van der Waals surface area contributed by atoms with Crippen molar-refractivity contribution < 1.29 is 9.84 Å². The van der Waals surface area contributed by atoms with Gasteiger partial charge in [0.1, 0.15) is 5.52 Å². The highest BCUT2D eigenvalue weighted by Gasteiger charge is 2.10. The number of aromatic nitrogens is 3. The molecule has 22 heavy (non-hydrogen) atoms. The second-order valence-corrected chi connectivity index (χ2v) is 5.05. The van der Waals surface area contributed by atoms with Gasteiger partial charge in [-0.15, -0.1) is 0 Å². The third kappa shape index (κ3) is 4.02. The first-order chi connectivity index (χ1) is 10.7. The molecule has 1 unspecified atom stereocenters. The molecule has 3 heterocycles. The van der Waals surface area contributed by atoms with E-state index in [1.165, 1.54) is 12.8 Å². The number of nitrogens with zero attached hydrogens (tertiary/aromatic N) is 3. The van der Waals surface area contributed by atoms with Crippen LogP contribution in [0.4, 0.5) is 11.6 Å². The van der Waals surface area contributed by atoms with Crippen molar-refractivity contribution in [2.24, 2.45) is 0 Å². The number of aliphatic hydroxyl groups excluding tert-OH is 1. The van der Waals surface area contributed by atoms with Crippen LogP contribution in [0, 0.1) is 0 Å². The maximum atomic E-state index is 9.70. The Hall–Kier alpha value is -1.99. The van der Waals surface area contributed by atoms with Gasteiger partial charge in [-0.2, -0.15) is 0 Å². The van der Waals surface area contributed by atoms with Crippen molar-refractivity contribution in [2.45, 2.75) is 32.3 Å². The molecular formula is C15H23N5O2. The molecule has 120 valence electrons. The number of fused-ring (bicyclic) bond motifs is 1. The number of nitrogens with two attached hydrogens (primary N) is 1. The molecule has 7 heteroatoms. The molecule has 0 aliphatic carbocycles. The molecule has 0 spiro atoms. The fraction of sp³-hybridized carbons (Fsp3) is 0.533. The maximum absolute atomic E-state index is 9.70. The van der Waals surface area contributed by atoms with Gasteiger partial charge in [0.05, 0.1) is 23.5 Å². The molecule has 2 aromatic heterocycles. The van der Waals surface area contributed by atoms with Gasteiger partial charge < -0.3 is 20.9 Å². The zero-order valence-electron chi connectivity index (χ0n) is 13.0. The van der Waals surface area contributed by atoms with Gasteiger partial charge in [0.25, 0.3) is 0 Å². The lowest BCUT2D eigenvalue weighted by molar-refractivity contribution is 0.169. The van der Waals surface area contributed by atoms with Crippen LogP contribution in [-0.2, 0) is 4.74 Å². The van der Waals surface area contributed by atoms with Crippen LogP contribution < -0.4 is 11.1 Å². The Bertz CT molecular complexity index is 609. The SMILES string of the molecule is C1CCOC1.CCC(O)c1cc2nc(N)c(NC)nc2cn1. The minimum Gasteiger partial charge on any atom is -0.387 e. The largest absolute Gasteiger partial charge is 0.387 e. The first kappa shape index (κ1) is 16.4. The van der Waals surface area contributed by atoms with Crippen LogP contribution in [0.5, 0.6) is 0 Å². The highest BCUT2D eigenvalue weighted by Crippen LogP contribution is 2.21. The Morgan fingerprint density at radius 2 is 2.05 bits per heavy atom. The summed E-state index contributed by atoms with van der Waals surface area (Å²) in [5.74, 6) is 0.867. The van der Waals surface area contributed by atoms with E-state index in [1.807, 2.05) is 6.92 Å². The van der Waals surface area contributed by atoms with Gasteiger partial charge in [0, 0.05) is 20.3 Å². The Labute approximate surface area is 129 Å². The quantitative estimate of drug-likeness (QED) is 0.795. The summed E-state index contributed by atoms with van der Waals surface area (Å²) < 4.78 is 4.94. The van der Waals surface area contributed by atoms with Gasteiger partial charge in [-0.1, -0.05) is 6.92 Å². The summed E-state index contributed by atoms with van der Waals surface area (Å²) in [6, 6.07) is 1.71. The molecule has 0 radical (unpaired) electrons. The van der Waals surface area contributed by atoms with Gasteiger partial charge in [-0.3, -0.25) is 4.98 Å². The molecule has 0 saturated carbocycles. The molecule has 1 fully saturated rings. The van der Waals surface area contributed by atoms with Crippen molar-refractivity contribution in [2.75, 3.05) is 31.3 Å². The average molecular weight is 305 g/mol. The van der Waals surface area contributed by atoms with Crippen LogP contribution in [0.15, 0.2) is 12.3 Å². The topological polar surface area (TPSA) is 106 Å². The van der Waals surface area contributed by atoms with Gasteiger partial charge >= 0.3 is 0 Å². The van der Waals surface area contributed by atoms with Gasteiger partial charge in [-0.05, 0) is 25.3 Å². The number of anilines is 2. The van der Waals surface area contributed by atoms with Crippen molar-refractivity contribution in [1.29, 1.82) is 0 Å². The van der Waals surface area contributed by atoms with Crippen LogP contribution in [0.3, 0.4) is 0 Å². The Kier molecular flexibility index (Phi) is 5.85. The summed E-state index contributed by atoms with van der Waals surface area (Å²) in [5.41, 5.74) is 7.61. The Morgan fingerprint density at radius 3 is 2.59 bits per heavy atom. The third-order valence-corrected chi connectivity index (χ3v) is 3.39. The first-order valence-electron chi connectivity index (χ1n) is 7.52. The van der Waals surface area contributed by atoms with Crippen LogP contribution in [0.25, 0.3) is 11.0 Å². The van der Waals surface area contributed by atoms with Crippen molar-refractivity contribution in [3.05, 3.63) is 18.0 Å². The molecule has 4 N–H and O–H groups in total. The number of pyridine rings is 1. The number of hydrogen-bond acceptors (Lipinski definition) is 7. The zero-order valence-corrected chi connectivity index (χ0v) is 13.0. The van der Waals surface area contributed by atoms with Crippen molar-refractivity contribution in [1.82, 2.24) is 15.0 Å². The van der Waals surface area contributed by atoms with E-state index in [4.69, 9.17) is 10.5 Å². The summed E-state index contributed by atoms with van der Waals surface area (Å²) >= 11 is 0. The zero-order chi connectivity index (χ0) is 15.9. The number of ether oxygens (including phenoxy) is 1. The second-order valence-electron chi connectivity index (χ2n) is 5.05. The molecule has 3 rings (SSSR count). The van der Waals surface area contributed by atoms with Crippen molar-refractivity contribution in [3.63, 3.8) is 0 Å². The molecule has 1 aliphatic rings. The molecule has 0 aromatic carbocycles. The van der Waals surface area contributed by atoms with E-state index in [0.717, 1.165) is 13.2 Å². The summed E-state index contributed by atoms with van der Waals surface area (Å²) in [6.45, 7) is 3.89. The van der Waals surface area contributed by atoms with E-state index < -0.39 is 6.10 Å². The van der Waals surface area contributed by atoms with Crippen LogP contribution >= 0.6 is 0 Å². The average Bonchev–Trinajstić information content (AvgIpc) is 3.12. The Morgan fingerprint density at radius 1 is 1.32 bits per heavy atom. The van der Waals surface area contributed by atoms with E-state index in [-0.39, 0.29) is 0 Å². The summed E-state index contributed by atoms with van der Waals surface area (Å²) in [6.07, 6.45) is 4.18. The molecule has 0 amide bonds. The molecule has 7 nitrogen and oxygen atoms in total. The monoisotopic (exact) mass is 305 g/mol. The molecule has 1 atom stereocenters. The lowest BCUT2D eigenvalue weighted by Gasteiger charge is -2.09. The fourth-order valence-electron chi connectivity index (χ4n) is 2.07. The van der Waals surface area contributed by atoms with E-state index in [0.29, 0.717) is 34.8 Å². The van der Waals surface area contributed by atoms with Gasteiger partial charge in [0.15, 0.2) is 11.6 Å². The lowest BCUT2D eigenvalue weighted by Crippen LogP contribution is -2.04. The summed E-state index contributed by atoms with van der Waals surface area (Å²) in [5, 5.41) is 12.6. The predicted molar refractivity (Wildman–Crippen MR) is 86.6 cm³/mol. The smallest absolute Gasteiger partial charge is 0.169 e. The van der Waals surface area contributed by atoms with Crippen molar-refractivity contribution in [3.8, 4) is 0 Å². The minimum absolute atomic E-state index is 0.336. The second kappa shape index (κ2) is 7.86. The highest BCUT2D eigenvalue weighted by molar-refractivity contribution is 5.79. The molecule has 2 aromatic rings. The van der Waals surface area contributed by atoms with E-state index in [2.05, 4.69) is 20.3 Å². The van der Waals surface area contributed by atoms with Crippen LogP contribution in [0.2, 0.25) is 0 Å². The molecular weight excluding hydrogens is 282 g/mol. The predicted octanol–water partition coefficient (Wildman–Crippen LogP) is 1.89. The molecule has 1 saturated heterocycles. The molecule has 0 bridgehead atoms. The summed E-state index contributed by atoms with van der Waals surface area (Å²) in [7, 11) is 1.73. The van der Waals surface area contributed by atoms with E-state index >= 15 is 0 Å². The van der Waals surface area contributed by atoms with E-state index in [9.17, 15) is 5.11 Å². The number of nitrogen functional groups attached to an aromatic ring is 1. The minimum atomic E-state index is -0.577. The fourth-order valence-corrected chi connectivity index (χ4v) is 2.07. The van der Waals surface area contributed by atoms with Crippen LogP contribution in [-0.4, -0.2) is 40.3 Å². The Balaban J connectivity index is 0.000000299. The third-order valence-electron chi connectivity index (χ3n) is 3.39. The van der Waals surface area contributed by atoms with Gasteiger partial charge in [-0.25, -0.2) is 9.97 Å². The first-order valence-corrected chi connectivity index (χ1v) is 7.52. The number of aliphatic hydroxyl groups is 1. The lowest BCUT2D eigenvalue weighted by atomic mass is 10.2. The van der Waals surface area contributed by atoms with Crippen LogP contribution in [0.1, 0.15) is 38.0 Å². The maximum Gasteiger partial charge on any atom is 0.169 e. The number of nitrogens with one attached hydrogen (secondary N) is 1. The highest BCUT2D eigenvalue weighted by atomic mass is 16.5. The summed E-state index contributed by atoms with van der Waals surface area (Å²) in [4.78, 5) is 12.7. The van der Waals surface area contributed by atoms with Crippen molar-refractivity contribution >= 4 is 22.7 Å². The number of rotatable bonds is 3. The standard InChI is InChI=1S/C11H15N5O.C4H8O/c1-3-9(17)7-4-6-8(5-14-7)16-11(13-2)10(12)15-6;1-2-4-5-3-1/h4-5,9,17H,3H2,1-2H3,(H2,12,15)(H,13,16);1-4H2. The number of hydrogen-bond donors (Lipinski definition) is 3. The van der Waals surface area contributed by atoms with E-state index in [1.54, 1.807) is 19.3 Å². The van der Waals surface area contributed by atoms with Gasteiger partial charge in [0.2, 0.25) is 0 Å². The molecule has 1 aliphatic heterocycles.